The molecule has 2 N–H and O–H groups in total. The van der Waals surface area contributed by atoms with E-state index in [1.54, 1.807) is 7.11 Å². The van der Waals surface area contributed by atoms with Crippen LogP contribution in [-0.2, 0) is 16.0 Å². The van der Waals surface area contributed by atoms with Gasteiger partial charge in [-0.3, -0.25) is 9.59 Å². The first-order valence-electron chi connectivity index (χ1n) is 12.9. The zero-order chi connectivity index (χ0) is 25.9. The van der Waals surface area contributed by atoms with Gasteiger partial charge >= 0.3 is 0 Å². The molecule has 36 heavy (non-hydrogen) atoms. The van der Waals surface area contributed by atoms with E-state index in [4.69, 9.17) is 9.47 Å². The summed E-state index contributed by atoms with van der Waals surface area (Å²) < 4.78 is 11.0. The van der Waals surface area contributed by atoms with Crippen molar-refractivity contribution in [2.24, 2.45) is 11.8 Å². The number of nitrogens with one attached hydrogen (secondary N) is 2. The van der Waals surface area contributed by atoms with Crippen molar-refractivity contribution in [1.29, 1.82) is 0 Å². The second-order valence-corrected chi connectivity index (χ2v) is 9.87. The molecule has 2 atom stereocenters. The van der Waals surface area contributed by atoms with Crippen molar-refractivity contribution in [3.05, 3.63) is 65.2 Å². The van der Waals surface area contributed by atoms with E-state index in [2.05, 4.69) is 10.6 Å². The number of carbonyl (C=O) groups excluding carboxylic acids is 2. The molecule has 2 amide bonds. The monoisotopic (exact) mass is 495 g/mol. The van der Waals surface area contributed by atoms with Crippen molar-refractivity contribution < 1.29 is 19.1 Å². The van der Waals surface area contributed by atoms with Gasteiger partial charge in [0.05, 0.1) is 13.0 Å². The van der Waals surface area contributed by atoms with Gasteiger partial charge in [-0.05, 0) is 55.9 Å². The Labute approximate surface area is 215 Å². The molecule has 7 nitrogen and oxygen atoms in total. The highest BCUT2D eigenvalue weighted by molar-refractivity contribution is 5.95. The van der Waals surface area contributed by atoms with Gasteiger partial charge in [0.25, 0.3) is 5.91 Å². The van der Waals surface area contributed by atoms with Gasteiger partial charge in [0.1, 0.15) is 5.75 Å². The second kappa shape index (κ2) is 14.0. The van der Waals surface area contributed by atoms with Crippen LogP contribution >= 0.6 is 0 Å². The van der Waals surface area contributed by atoms with Gasteiger partial charge in [-0.25, -0.2) is 0 Å². The zero-order valence-electron chi connectivity index (χ0n) is 22.1. The van der Waals surface area contributed by atoms with Gasteiger partial charge in [0.2, 0.25) is 5.91 Å². The number of carbonyl (C=O) groups is 2. The summed E-state index contributed by atoms with van der Waals surface area (Å²) in [6.45, 7) is 10.2. The smallest absolute Gasteiger partial charge is 0.254 e. The Hall–Kier alpha value is -2.90. The highest BCUT2D eigenvalue weighted by Gasteiger charge is 2.32. The molecule has 0 bridgehead atoms. The number of hydrogen-bond acceptors (Lipinski definition) is 5. The van der Waals surface area contributed by atoms with Gasteiger partial charge in [0, 0.05) is 57.9 Å². The van der Waals surface area contributed by atoms with Crippen molar-refractivity contribution >= 4 is 11.8 Å². The summed E-state index contributed by atoms with van der Waals surface area (Å²) in [4.78, 5) is 27.9. The summed E-state index contributed by atoms with van der Waals surface area (Å²) in [6, 6.07) is 15.5. The third kappa shape index (κ3) is 8.07. The molecule has 1 aliphatic rings. The quantitative estimate of drug-likeness (QED) is 0.416. The summed E-state index contributed by atoms with van der Waals surface area (Å²) in [5.74, 6) is 1.31. The molecule has 1 heterocycles. The highest BCUT2D eigenvalue weighted by Crippen LogP contribution is 2.24. The Balaban J connectivity index is 1.60. The first-order valence-corrected chi connectivity index (χ1v) is 12.9. The molecule has 0 aliphatic carbocycles. The van der Waals surface area contributed by atoms with Gasteiger partial charge < -0.3 is 25.0 Å². The number of amides is 2. The standard InChI is InChI=1S/C29H41N3O4/c1-21(2)32(29(34)24-12-11-22(3)27(16-24)36-14-8-13-35-4)20-26-18-30-17-25(26)19-31-28(33)15-23-9-6-5-7-10-23/h5-7,9-12,16,21,25-26,30H,8,13-15,17-20H2,1-4H3,(H,31,33)/t25-,26-/m0/s1. The van der Waals surface area contributed by atoms with Gasteiger partial charge in [-0.15, -0.1) is 0 Å². The number of rotatable bonds is 13. The number of methoxy groups -OCH3 is 1. The fourth-order valence-corrected chi connectivity index (χ4v) is 4.55. The third-order valence-corrected chi connectivity index (χ3v) is 6.75. The molecule has 0 saturated carbocycles. The lowest BCUT2D eigenvalue weighted by atomic mass is 9.94. The molecule has 3 rings (SSSR count). The number of ether oxygens (including phenoxy) is 2. The molecule has 0 aromatic heterocycles. The maximum atomic E-state index is 13.6. The molecule has 0 spiro atoms. The minimum atomic E-state index is 0.00510. The zero-order valence-corrected chi connectivity index (χ0v) is 22.1. The lowest BCUT2D eigenvalue weighted by Crippen LogP contribution is -2.43. The van der Waals surface area contributed by atoms with E-state index in [1.807, 2.05) is 74.2 Å². The average Bonchev–Trinajstić information content (AvgIpc) is 3.32. The minimum Gasteiger partial charge on any atom is -0.493 e. The lowest BCUT2D eigenvalue weighted by Gasteiger charge is -2.32. The number of benzene rings is 2. The van der Waals surface area contributed by atoms with E-state index in [0.717, 1.165) is 36.4 Å². The normalized spacial score (nSPS) is 17.2. The molecular weight excluding hydrogens is 454 g/mol. The van der Waals surface area contributed by atoms with E-state index < -0.39 is 0 Å². The predicted octanol–water partition coefficient (Wildman–Crippen LogP) is 3.46. The molecule has 2 aromatic carbocycles. The molecular formula is C29H41N3O4. The van der Waals surface area contributed by atoms with Crippen LogP contribution < -0.4 is 15.4 Å². The minimum absolute atomic E-state index is 0.00510. The van der Waals surface area contributed by atoms with Crippen molar-refractivity contribution in [3.63, 3.8) is 0 Å². The summed E-state index contributed by atoms with van der Waals surface area (Å²) in [6.07, 6.45) is 1.18. The summed E-state index contributed by atoms with van der Waals surface area (Å²) >= 11 is 0. The SMILES string of the molecule is COCCCOc1cc(C(=O)N(C[C@@H]2CNC[C@H]2CNC(=O)Cc2ccccc2)C(C)C)ccc1C. The van der Waals surface area contributed by atoms with Crippen LogP contribution in [0.1, 0.15) is 41.8 Å². The Morgan fingerprint density at radius 3 is 2.56 bits per heavy atom. The van der Waals surface area contributed by atoms with Crippen LogP contribution in [0.4, 0.5) is 0 Å². The fraction of sp³-hybridized carbons (Fsp3) is 0.517. The Morgan fingerprint density at radius 2 is 1.83 bits per heavy atom. The molecule has 0 radical (unpaired) electrons. The highest BCUT2D eigenvalue weighted by atomic mass is 16.5. The summed E-state index contributed by atoms with van der Waals surface area (Å²) in [7, 11) is 1.67. The van der Waals surface area contributed by atoms with Crippen molar-refractivity contribution in [3.8, 4) is 5.75 Å². The number of nitrogens with zero attached hydrogens (tertiary/aromatic N) is 1. The average molecular weight is 496 g/mol. The van der Waals surface area contributed by atoms with Crippen LogP contribution in [0.3, 0.4) is 0 Å². The van der Waals surface area contributed by atoms with E-state index in [9.17, 15) is 9.59 Å². The number of aryl methyl sites for hydroxylation is 1. The largest absolute Gasteiger partial charge is 0.493 e. The molecule has 1 aliphatic heterocycles. The van der Waals surface area contributed by atoms with Crippen molar-refractivity contribution in [2.75, 3.05) is 46.5 Å². The van der Waals surface area contributed by atoms with E-state index in [1.165, 1.54) is 0 Å². The van der Waals surface area contributed by atoms with Crippen molar-refractivity contribution in [1.82, 2.24) is 15.5 Å². The van der Waals surface area contributed by atoms with Gasteiger partial charge in [-0.2, -0.15) is 0 Å². The first-order chi connectivity index (χ1) is 17.4. The molecule has 1 fully saturated rings. The fourth-order valence-electron chi connectivity index (χ4n) is 4.55. The topological polar surface area (TPSA) is 79.9 Å². The van der Waals surface area contributed by atoms with E-state index >= 15 is 0 Å². The van der Waals surface area contributed by atoms with Crippen LogP contribution in [0.15, 0.2) is 48.5 Å². The van der Waals surface area contributed by atoms with Crippen molar-refractivity contribution in [2.45, 2.75) is 39.7 Å². The van der Waals surface area contributed by atoms with Gasteiger partial charge in [0.15, 0.2) is 0 Å². The first kappa shape index (κ1) is 27.7. The van der Waals surface area contributed by atoms with Crippen LogP contribution in [0.2, 0.25) is 0 Å². The molecule has 196 valence electrons. The van der Waals surface area contributed by atoms with Gasteiger partial charge in [-0.1, -0.05) is 36.4 Å². The Bertz CT molecular complexity index is 980. The van der Waals surface area contributed by atoms with Crippen LogP contribution in [0.5, 0.6) is 5.75 Å². The molecule has 1 saturated heterocycles. The lowest BCUT2D eigenvalue weighted by molar-refractivity contribution is -0.120. The third-order valence-electron chi connectivity index (χ3n) is 6.75. The molecule has 0 unspecified atom stereocenters. The Kier molecular flexibility index (Phi) is 10.8. The van der Waals surface area contributed by atoms with E-state index in [0.29, 0.717) is 38.3 Å². The summed E-state index contributed by atoms with van der Waals surface area (Å²) in [5, 5.41) is 6.55. The number of hydrogen-bond donors (Lipinski definition) is 2. The molecule has 2 aromatic rings. The maximum Gasteiger partial charge on any atom is 0.254 e. The van der Waals surface area contributed by atoms with E-state index in [-0.39, 0.29) is 29.7 Å². The predicted molar refractivity (Wildman–Crippen MR) is 142 cm³/mol. The molecule has 7 heteroatoms. The van der Waals surface area contributed by atoms with Crippen LogP contribution in [-0.4, -0.2) is 69.3 Å². The summed E-state index contributed by atoms with van der Waals surface area (Å²) in [5.41, 5.74) is 2.65. The van der Waals surface area contributed by atoms with Crippen LogP contribution in [0.25, 0.3) is 0 Å². The Morgan fingerprint density at radius 1 is 1.08 bits per heavy atom. The van der Waals surface area contributed by atoms with Crippen LogP contribution in [0, 0.1) is 18.8 Å². The second-order valence-electron chi connectivity index (χ2n) is 9.87. The maximum absolute atomic E-state index is 13.6.